The fourth-order valence-corrected chi connectivity index (χ4v) is 2.79. The minimum atomic E-state index is -0.366. The lowest BCUT2D eigenvalue weighted by molar-refractivity contribution is -0.118. The summed E-state index contributed by atoms with van der Waals surface area (Å²) >= 11 is 0. The number of para-hydroxylation sites is 1. The maximum Gasteiger partial charge on any atom is 0.250 e. The number of benzene rings is 1. The SMILES string of the molecule is CC(C)N1c2cccc(O)c2NC(=O)C12CC2. The maximum atomic E-state index is 12.1. The summed E-state index contributed by atoms with van der Waals surface area (Å²) in [5.74, 6) is 0.150. The van der Waals surface area contributed by atoms with Crippen molar-refractivity contribution in [3.8, 4) is 5.75 Å². The average molecular weight is 232 g/mol. The predicted octanol–water partition coefficient (Wildman–Crippen LogP) is 2.09. The van der Waals surface area contributed by atoms with Crippen LogP contribution in [0.4, 0.5) is 11.4 Å². The molecule has 1 fully saturated rings. The van der Waals surface area contributed by atoms with Gasteiger partial charge < -0.3 is 15.3 Å². The Kier molecular flexibility index (Phi) is 1.94. The van der Waals surface area contributed by atoms with Crippen LogP contribution < -0.4 is 10.2 Å². The lowest BCUT2D eigenvalue weighted by Crippen LogP contribution is -2.53. The minimum Gasteiger partial charge on any atom is -0.506 e. The van der Waals surface area contributed by atoms with E-state index in [4.69, 9.17) is 0 Å². The molecule has 0 bridgehead atoms. The topological polar surface area (TPSA) is 52.6 Å². The molecule has 1 heterocycles. The Labute approximate surface area is 100 Å². The van der Waals surface area contributed by atoms with Crippen molar-refractivity contribution in [2.45, 2.75) is 38.3 Å². The van der Waals surface area contributed by atoms with Crippen molar-refractivity contribution in [2.24, 2.45) is 0 Å². The molecule has 1 amide bonds. The molecule has 90 valence electrons. The molecule has 1 aliphatic heterocycles. The molecule has 0 unspecified atom stereocenters. The molecule has 2 aliphatic rings. The van der Waals surface area contributed by atoms with E-state index in [-0.39, 0.29) is 23.2 Å². The molecule has 0 radical (unpaired) electrons. The number of hydrogen-bond donors (Lipinski definition) is 2. The van der Waals surface area contributed by atoms with E-state index in [1.807, 2.05) is 12.1 Å². The van der Waals surface area contributed by atoms with E-state index in [9.17, 15) is 9.90 Å². The second kappa shape index (κ2) is 3.15. The summed E-state index contributed by atoms with van der Waals surface area (Å²) in [6, 6.07) is 5.61. The molecule has 3 rings (SSSR count). The van der Waals surface area contributed by atoms with E-state index in [1.54, 1.807) is 6.07 Å². The third-order valence-electron chi connectivity index (χ3n) is 3.64. The van der Waals surface area contributed by atoms with Gasteiger partial charge in [0.15, 0.2) is 0 Å². The van der Waals surface area contributed by atoms with Gasteiger partial charge in [-0.05, 0) is 38.8 Å². The van der Waals surface area contributed by atoms with Gasteiger partial charge in [0.05, 0.1) is 5.69 Å². The number of phenols is 1. The quantitative estimate of drug-likeness (QED) is 0.729. The van der Waals surface area contributed by atoms with Gasteiger partial charge in [-0.3, -0.25) is 4.79 Å². The van der Waals surface area contributed by atoms with E-state index in [1.165, 1.54) is 0 Å². The fourth-order valence-electron chi connectivity index (χ4n) is 2.79. The van der Waals surface area contributed by atoms with Crippen LogP contribution in [-0.4, -0.2) is 22.6 Å². The summed E-state index contributed by atoms with van der Waals surface area (Å²) in [6.45, 7) is 4.15. The van der Waals surface area contributed by atoms with Gasteiger partial charge in [0.2, 0.25) is 5.91 Å². The second-order valence-electron chi connectivity index (χ2n) is 5.12. The Bertz CT molecular complexity index is 492. The van der Waals surface area contributed by atoms with Gasteiger partial charge in [0.25, 0.3) is 0 Å². The predicted molar refractivity (Wildman–Crippen MR) is 66.3 cm³/mol. The van der Waals surface area contributed by atoms with Crippen LogP contribution in [0.3, 0.4) is 0 Å². The molecule has 4 heteroatoms. The molecule has 1 spiro atoms. The zero-order valence-corrected chi connectivity index (χ0v) is 10.0. The third-order valence-corrected chi connectivity index (χ3v) is 3.64. The monoisotopic (exact) mass is 232 g/mol. The Balaban J connectivity index is 2.18. The van der Waals surface area contributed by atoms with E-state index in [2.05, 4.69) is 24.1 Å². The van der Waals surface area contributed by atoms with Gasteiger partial charge in [-0.1, -0.05) is 6.07 Å². The lowest BCUT2D eigenvalue weighted by Gasteiger charge is -2.41. The summed E-state index contributed by atoms with van der Waals surface area (Å²) in [4.78, 5) is 14.3. The maximum absolute atomic E-state index is 12.1. The highest BCUT2D eigenvalue weighted by atomic mass is 16.3. The zero-order valence-electron chi connectivity index (χ0n) is 10.0. The van der Waals surface area contributed by atoms with Gasteiger partial charge in [-0.2, -0.15) is 0 Å². The van der Waals surface area contributed by atoms with Crippen LogP contribution in [0.1, 0.15) is 26.7 Å². The second-order valence-corrected chi connectivity index (χ2v) is 5.12. The first-order chi connectivity index (χ1) is 8.06. The van der Waals surface area contributed by atoms with Gasteiger partial charge in [0, 0.05) is 6.04 Å². The van der Waals surface area contributed by atoms with Gasteiger partial charge >= 0.3 is 0 Å². The van der Waals surface area contributed by atoms with Gasteiger partial charge in [-0.25, -0.2) is 0 Å². The van der Waals surface area contributed by atoms with E-state index < -0.39 is 0 Å². The van der Waals surface area contributed by atoms with Gasteiger partial charge in [-0.15, -0.1) is 0 Å². The smallest absolute Gasteiger partial charge is 0.250 e. The van der Waals surface area contributed by atoms with Crippen LogP contribution in [0.5, 0.6) is 5.75 Å². The Morgan fingerprint density at radius 3 is 2.71 bits per heavy atom. The molecule has 1 aliphatic carbocycles. The lowest BCUT2D eigenvalue weighted by atomic mass is 10.0. The summed E-state index contributed by atoms with van der Waals surface area (Å²) in [7, 11) is 0. The first-order valence-corrected chi connectivity index (χ1v) is 5.99. The highest BCUT2D eigenvalue weighted by molar-refractivity contribution is 6.10. The highest BCUT2D eigenvalue weighted by Crippen LogP contribution is 2.52. The van der Waals surface area contributed by atoms with Crippen LogP contribution in [0.2, 0.25) is 0 Å². The molecule has 1 saturated carbocycles. The fraction of sp³-hybridized carbons (Fsp3) is 0.462. The number of carbonyl (C=O) groups is 1. The van der Waals surface area contributed by atoms with E-state index >= 15 is 0 Å². The molecular weight excluding hydrogens is 216 g/mol. The van der Waals surface area contributed by atoms with Crippen molar-refractivity contribution in [1.82, 2.24) is 0 Å². The number of phenolic OH excluding ortho intramolecular Hbond substituents is 1. The van der Waals surface area contributed by atoms with E-state index in [0.717, 1.165) is 18.5 Å². The number of carbonyl (C=O) groups excluding carboxylic acids is 1. The Morgan fingerprint density at radius 1 is 1.41 bits per heavy atom. The Morgan fingerprint density at radius 2 is 2.12 bits per heavy atom. The molecule has 1 aromatic carbocycles. The minimum absolute atomic E-state index is 0.0141. The molecule has 1 aromatic rings. The van der Waals surface area contributed by atoms with Crippen molar-refractivity contribution in [2.75, 3.05) is 10.2 Å². The molecule has 0 atom stereocenters. The molecular formula is C13H16N2O2. The normalized spacial score (nSPS) is 20.4. The highest BCUT2D eigenvalue weighted by Gasteiger charge is 2.58. The number of nitrogens with one attached hydrogen (secondary N) is 1. The van der Waals surface area contributed by atoms with Crippen molar-refractivity contribution in [1.29, 1.82) is 0 Å². The van der Waals surface area contributed by atoms with Crippen molar-refractivity contribution < 1.29 is 9.90 Å². The number of aromatic hydroxyl groups is 1. The summed E-state index contributed by atoms with van der Waals surface area (Å²) in [5, 5.41) is 12.7. The van der Waals surface area contributed by atoms with Crippen molar-refractivity contribution >= 4 is 17.3 Å². The van der Waals surface area contributed by atoms with E-state index in [0.29, 0.717) is 5.69 Å². The van der Waals surface area contributed by atoms with Crippen LogP contribution in [0.25, 0.3) is 0 Å². The van der Waals surface area contributed by atoms with Gasteiger partial charge in [0.1, 0.15) is 17.0 Å². The van der Waals surface area contributed by atoms with Crippen LogP contribution in [0.15, 0.2) is 18.2 Å². The summed E-state index contributed by atoms with van der Waals surface area (Å²) < 4.78 is 0. The molecule has 4 nitrogen and oxygen atoms in total. The average Bonchev–Trinajstić information content (AvgIpc) is 3.03. The summed E-state index contributed by atoms with van der Waals surface area (Å²) in [6.07, 6.45) is 1.79. The molecule has 0 saturated heterocycles. The number of amides is 1. The van der Waals surface area contributed by atoms with Crippen LogP contribution >= 0.6 is 0 Å². The number of rotatable bonds is 1. The molecule has 0 aromatic heterocycles. The standard InChI is InChI=1S/C13H16N2O2/c1-8(2)15-9-4-3-5-10(16)11(9)14-12(17)13(15)6-7-13/h3-5,8,16H,6-7H2,1-2H3,(H,14,17). The summed E-state index contributed by atoms with van der Waals surface area (Å²) in [5.41, 5.74) is 1.11. The zero-order chi connectivity index (χ0) is 12.2. The number of nitrogens with zero attached hydrogens (tertiary/aromatic N) is 1. The van der Waals surface area contributed by atoms with Crippen molar-refractivity contribution in [3.05, 3.63) is 18.2 Å². The van der Waals surface area contributed by atoms with Crippen LogP contribution in [0, 0.1) is 0 Å². The van der Waals surface area contributed by atoms with Crippen LogP contribution in [-0.2, 0) is 4.79 Å². The molecule has 2 N–H and O–H groups in total. The largest absolute Gasteiger partial charge is 0.506 e. The number of anilines is 2. The number of fused-ring (bicyclic) bond motifs is 1. The number of hydrogen-bond acceptors (Lipinski definition) is 3. The van der Waals surface area contributed by atoms with Crippen molar-refractivity contribution in [3.63, 3.8) is 0 Å². The Hall–Kier alpha value is -1.71. The first-order valence-electron chi connectivity index (χ1n) is 5.99. The first kappa shape index (κ1) is 10.4. The third kappa shape index (κ3) is 1.27. The molecule has 17 heavy (non-hydrogen) atoms.